The van der Waals surface area contributed by atoms with Gasteiger partial charge in [-0.05, 0) is 17.9 Å². The van der Waals surface area contributed by atoms with E-state index in [0.29, 0.717) is 18.1 Å². The Labute approximate surface area is 125 Å². The fourth-order valence-electron chi connectivity index (χ4n) is 3.16. The van der Waals surface area contributed by atoms with Gasteiger partial charge in [0.2, 0.25) is 0 Å². The summed E-state index contributed by atoms with van der Waals surface area (Å²) in [4.78, 5) is 0. The maximum Gasteiger partial charge on any atom is 0.105 e. The summed E-state index contributed by atoms with van der Waals surface area (Å²) in [6.45, 7) is 8.02. The second-order valence-corrected chi connectivity index (χ2v) is 7.09. The molecule has 0 aromatic heterocycles. The third-order valence-corrected chi connectivity index (χ3v) is 5.98. The Morgan fingerprint density at radius 2 is 2.05 bits per heavy atom. The average Bonchev–Trinajstić information content (AvgIpc) is 2.79. The summed E-state index contributed by atoms with van der Waals surface area (Å²) >= 11 is 1.77. The summed E-state index contributed by atoms with van der Waals surface area (Å²) < 4.78 is 0. The van der Waals surface area contributed by atoms with Crippen LogP contribution in [0.3, 0.4) is 0 Å². The third kappa shape index (κ3) is 2.80. The molecule has 2 nitrogen and oxygen atoms in total. The molecular formula is C17H24O2S. The average molecular weight is 292 g/mol. The van der Waals surface area contributed by atoms with Crippen LogP contribution in [-0.2, 0) is 5.60 Å². The fraction of sp³-hybridized carbons (Fsp3) is 0.529. The molecule has 1 aromatic carbocycles. The Morgan fingerprint density at radius 1 is 1.40 bits per heavy atom. The summed E-state index contributed by atoms with van der Waals surface area (Å²) in [5.41, 5.74) is -0.0488. The minimum absolute atomic E-state index is 0.159. The molecule has 1 saturated heterocycles. The van der Waals surface area contributed by atoms with Crippen LogP contribution >= 0.6 is 11.8 Å². The van der Waals surface area contributed by atoms with Crippen LogP contribution in [-0.4, -0.2) is 27.3 Å². The van der Waals surface area contributed by atoms with E-state index in [2.05, 4.69) is 20.4 Å². The number of rotatable bonds is 5. The van der Waals surface area contributed by atoms with Crippen molar-refractivity contribution >= 4 is 11.8 Å². The molecule has 0 bridgehead atoms. The molecule has 4 atom stereocenters. The van der Waals surface area contributed by atoms with Crippen LogP contribution in [0.25, 0.3) is 0 Å². The number of thioether (sulfide) groups is 1. The molecule has 3 heteroatoms. The second-order valence-electron chi connectivity index (χ2n) is 5.93. The monoisotopic (exact) mass is 292 g/mol. The molecule has 1 fully saturated rings. The van der Waals surface area contributed by atoms with Gasteiger partial charge in [0.05, 0.1) is 6.10 Å². The van der Waals surface area contributed by atoms with Gasteiger partial charge in [0.1, 0.15) is 5.60 Å². The van der Waals surface area contributed by atoms with Crippen LogP contribution in [0.1, 0.15) is 25.8 Å². The molecule has 110 valence electrons. The molecule has 0 amide bonds. The van der Waals surface area contributed by atoms with Crippen molar-refractivity contribution in [2.75, 3.05) is 5.75 Å². The molecular weight excluding hydrogens is 268 g/mol. The number of aliphatic hydroxyl groups is 2. The molecule has 1 aliphatic rings. The van der Waals surface area contributed by atoms with Gasteiger partial charge < -0.3 is 10.2 Å². The molecule has 1 aliphatic heterocycles. The highest BCUT2D eigenvalue weighted by Gasteiger charge is 2.52. The summed E-state index contributed by atoms with van der Waals surface area (Å²) in [6, 6.07) is 9.74. The van der Waals surface area contributed by atoms with Crippen LogP contribution in [0.5, 0.6) is 0 Å². The Hall–Kier alpha value is -0.770. The van der Waals surface area contributed by atoms with E-state index in [-0.39, 0.29) is 11.2 Å². The van der Waals surface area contributed by atoms with Crippen LogP contribution < -0.4 is 0 Å². The first kappa shape index (κ1) is 15.6. The van der Waals surface area contributed by atoms with Crippen molar-refractivity contribution in [2.24, 2.45) is 11.8 Å². The minimum Gasteiger partial charge on any atom is -0.392 e. The Kier molecular flexibility index (Phi) is 4.95. The lowest BCUT2D eigenvalue weighted by Crippen LogP contribution is -2.44. The van der Waals surface area contributed by atoms with Gasteiger partial charge in [-0.1, -0.05) is 50.3 Å². The predicted molar refractivity (Wildman–Crippen MR) is 85.7 cm³/mol. The maximum atomic E-state index is 11.2. The van der Waals surface area contributed by atoms with Gasteiger partial charge in [0, 0.05) is 16.9 Å². The molecule has 0 unspecified atom stereocenters. The normalized spacial score (nSPS) is 31.4. The minimum atomic E-state index is -0.955. The third-order valence-electron chi connectivity index (χ3n) is 4.15. The molecule has 2 N–H and O–H groups in total. The van der Waals surface area contributed by atoms with Gasteiger partial charge in [0.25, 0.3) is 0 Å². The van der Waals surface area contributed by atoms with E-state index >= 15 is 0 Å². The van der Waals surface area contributed by atoms with Crippen LogP contribution in [0.15, 0.2) is 43.0 Å². The van der Waals surface area contributed by atoms with E-state index in [9.17, 15) is 10.2 Å². The quantitative estimate of drug-likeness (QED) is 0.819. The van der Waals surface area contributed by atoms with Crippen molar-refractivity contribution in [3.8, 4) is 0 Å². The second kappa shape index (κ2) is 6.33. The van der Waals surface area contributed by atoms with Crippen LogP contribution in [0, 0.1) is 11.8 Å². The standard InChI is InChI=1S/C17H24O2S/c1-4-8-14(18)15-16(12(2)3)20-11-17(15,19)13-9-6-5-7-10-13/h4-7,9-10,12,14-16,18-19H,1,8,11H2,2-3H3/t14-,15-,16-,17-/m1/s1. The molecule has 20 heavy (non-hydrogen) atoms. The van der Waals surface area contributed by atoms with Gasteiger partial charge in [0.15, 0.2) is 0 Å². The van der Waals surface area contributed by atoms with Crippen LogP contribution in [0.2, 0.25) is 0 Å². The van der Waals surface area contributed by atoms with Gasteiger partial charge in [-0.15, -0.1) is 6.58 Å². The zero-order chi connectivity index (χ0) is 14.8. The highest BCUT2D eigenvalue weighted by Crippen LogP contribution is 2.50. The van der Waals surface area contributed by atoms with E-state index < -0.39 is 11.7 Å². The zero-order valence-corrected chi connectivity index (χ0v) is 13.0. The lowest BCUT2D eigenvalue weighted by molar-refractivity contribution is -0.0560. The summed E-state index contributed by atoms with van der Waals surface area (Å²) in [7, 11) is 0. The highest BCUT2D eigenvalue weighted by atomic mass is 32.2. The Morgan fingerprint density at radius 3 is 2.60 bits per heavy atom. The van der Waals surface area contributed by atoms with Crippen LogP contribution in [0.4, 0.5) is 0 Å². The largest absolute Gasteiger partial charge is 0.392 e. The number of aliphatic hydroxyl groups excluding tert-OH is 1. The van der Waals surface area contributed by atoms with Crippen molar-refractivity contribution in [2.45, 2.75) is 37.2 Å². The number of benzene rings is 1. The summed E-state index contributed by atoms with van der Waals surface area (Å²) in [6.07, 6.45) is 1.69. The number of hydrogen-bond donors (Lipinski definition) is 2. The highest BCUT2D eigenvalue weighted by molar-refractivity contribution is 8.00. The maximum absolute atomic E-state index is 11.2. The van der Waals surface area contributed by atoms with Gasteiger partial charge in [-0.25, -0.2) is 0 Å². The molecule has 0 spiro atoms. The molecule has 0 aliphatic carbocycles. The van der Waals surface area contributed by atoms with Crippen molar-refractivity contribution in [1.29, 1.82) is 0 Å². The molecule has 2 rings (SSSR count). The van der Waals surface area contributed by atoms with Crippen molar-refractivity contribution in [3.63, 3.8) is 0 Å². The predicted octanol–water partition coefficient (Wildman–Crippen LogP) is 3.20. The Bertz CT molecular complexity index is 446. The molecule has 1 heterocycles. The lowest BCUT2D eigenvalue weighted by Gasteiger charge is -2.36. The smallest absolute Gasteiger partial charge is 0.105 e. The van der Waals surface area contributed by atoms with E-state index in [1.807, 2.05) is 30.3 Å². The first-order chi connectivity index (χ1) is 9.50. The number of hydrogen-bond acceptors (Lipinski definition) is 3. The Balaban J connectivity index is 2.38. The first-order valence-corrected chi connectivity index (χ1v) is 8.24. The van der Waals surface area contributed by atoms with E-state index in [0.717, 1.165) is 5.56 Å². The van der Waals surface area contributed by atoms with Crippen molar-refractivity contribution in [3.05, 3.63) is 48.6 Å². The lowest BCUT2D eigenvalue weighted by atomic mass is 9.74. The zero-order valence-electron chi connectivity index (χ0n) is 12.2. The van der Waals surface area contributed by atoms with E-state index in [1.54, 1.807) is 17.8 Å². The van der Waals surface area contributed by atoms with Gasteiger partial charge >= 0.3 is 0 Å². The topological polar surface area (TPSA) is 40.5 Å². The van der Waals surface area contributed by atoms with E-state index in [1.165, 1.54) is 0 Å². The van der Waals surface area contributed by atoms with Gasteiger partial charge in [-0.3, -0.25) is 0 Å². The van der Waals surface area contributed by atoms with Gasteiger partial charge in [-0.2, -0.15) is 11.8 Å². The first-order valence-electron chi connectivity index (χ1n) is 7.19. The summed E-state index contributed by atoms with van der Waals surface area (Å²) in [5, 5.41) is 22.0. The molecule has 1 aromatic rings. The van der Waals surface area contributed by atoms with Crippen molar-refractivity contribution < 1.29 is 10.2 Å². The van der Waals surface area contributed by atoms with Crippen molar-refractivity contribution in [1.82, 2.24) is 0 Å². The SMILES string of the molecule is C=CC[C@@H](O)[C@@H]1[C@@H](C(C)C)SC[C@@]1(O)c1ccccc1. The van der Waals surface area contributed by atoms with E-state index in [4.69, 9.17) is 0 Å². The molecule has 0 radical (unpaired) electrons. The molecule has 0 saturated carbocycles. The summed E-state index contributed by atoms with van der Waals surface area (Å²) in [5.74, 6) is 0.897. The fourth-order valence-corrected chi connectivity index (χ4v) is 4.96.